The van der Waals surface area contributed by atoms with E-state index in [1.807, 2.05) is 0 Å². The van der Waals surface area contributed by atoms with E-state index in [9.17, 15) is 30.7 Å². The molecule has 0 aliphatic carbocycles. The molecule has 9 nitrogen and oxygen atoms in total. The summed E-state index contributed by atoms with van der Waals surface area (Å²) >= 11 is 0. The number of carbonyl (C=O) groups excluding carboxylic acids is 1. The second-order valence-electron chi connectivity index (χ2n) is 12.4. The molecule has 42 heavy (non-hydrogen) atoms. The molecule has 0 saturated carbocycles. The van der Waals surface area contributed by atoms with Crippen molar-refractivity contribution in [3.05, 3.63) is 0 Å². The van der Waals surface area contributed by atoms with Crippen LogP contribution in [0.1, 0.15) is 156 Å². The van der Waals surface area contributed by atoms with Gasteiger partial charge in [0, 0.05) is 10.8 Å². The fraction of sp³-hybridized carbons (Fsp3) is 0.966. The van der Waals surface area contributed by atoms with Crippen LogP contribution in [0.2, 0.25) is 0 Å². The number of carbonyl (C=O) groups is 1. The van der Waals surface area contributed by atoms with Crippen molar-refractivity contribution in [2.24, 2.45) is 10.8 Å². The SMILES string of the molecule is CC(C)(CCCCCCCCCCCOS(=O)(=O)[O-])C(=O)C(C)(C)CCCCCCCCCCCOS(=O)(=O)[O-].[Na+].[Na+]. The maximum atomic E-state index is 13.3. The molecule has 0 bridgehead atoms. The number of ketones is 1. The number of hydrogen-bond acceptors (Lipinski definition) is 9. The van der Waals surface area contributed by atoms with E-state index in [1.54, 1.807) is 0 Å². The van der Waals surface area contributed by atoms with E-state index in [-0.39, 0.29) is 83.2 Å². The molecule has 0 atom stereocenters. The molecule has 0 aromatic heterocycles. The average molecular weight is 659 g/mol. The second-order valence-corrected chi connectivity index (χ2v) is 14.5. The van der Waals surface area contributed by atoms with Crippen molar-refractivity contribution < 1.29 is 98.2 Å². The van der Waals surface area contributed by atoms with Crippen molar-refractivity contribution in [3.8, 4) is 0 Å². The zero-order valence-electron chi connectivity index (χ0n) is 27.5. The van der Waals surface area contributed by atoms with Gasteiger partial charge in [-0.25, -0.2) is 16.8 Å². The van der Waals surface area contributed by atoms with Crippen molar-refractivity contribution in [3.63, 3.8) is 0 Å². The van der Waals surface area contributed by atoms with Crippen LogP contribution in [0.25, 0.3) is 0 Å². The summed E-state index contributed by atoms with van der Waals surface area (Å²) in [5, 5.41) is 0. The van der Waals surface area contributed by atoms with Gasteiger partial charge in [0.1, 0.15) is 5.78 Å². The first-order valence-electron chi connectivity index (χ1n) is 15.3. The zero-order valence-corrected chi connectivity index (χ0v) is 33.2. The van der Waals surface area contributed by atoms with Gasteiger partial charge < -0.3 is 9.11 Å². The van der Waals surface area contributed by atoms with Gasteiger partial charge >= 0.3 is 59.1 Å². The summed E-state index contributed by atoms with van der Waals surface area (Å²) in [6.07, 6.45) is 20.2. The summed E-state index contributed by atoms with van der Waals surface area (Å²) in [7, 11) is -9.13. The Balaban J connectivity index is -0.00000760. The number of Topliss-reactive ketones (excluding diaryl/α,β-unsaturated/α-hetero) is 1. The van der Waals surface area contributed by atoms with Crippen molar-refractivity contribution in [2.45, 2.75) is 156 Å². The number of unbranched alkanes of at least 4 members (excludes halogenated alkanes) is 16. The zero-order chi connectivity index (χ0) is 30.5. The van der Waals surface area contributed by atoms with Crippen molar-refractivity contribution in [1.29, 1.82) is 0 Å². The molecule has 0 radical (unpaired) electrons. The molecular formula is C29H56Na2O9S2. The molecule has 0 fully saturated rings. The summed E-state index contributed by atoms with van der Waals surface area (Å²) in [6, 6.07) is 0. The summed E-state index contributed by atoms with van der Waals surface area (Å²) in [5.41, 5.74) is -0.627. The molecule has 0 saturated heterocycles. The van der Waals surface area contributed by atoms with Gasteiger partial charge in [0.2, 0.25) is 20.8 Å². The minimum absolute atomic E-state index is 0. The average Bonchev–Trinajstić information content (AvgIpc) is 2.83. The Morgan fingerprint density at radius 2 is 0.690 bits per heavy atom. The standard InChI is InChI=1S/C29H58O9S2.2Na/c1-28(2,23-19-15-11-7-5-9-13-17-21-25-37-39(31,32)33)27(30)29(3,4)24-20-16-12-8-6-10-14-18-22-26-38-40(34,35)36;;/h5-26H2,1-4H3,(H,31,32,33)(H,34,35,36);;/q;2*+1/p-2. The van der Waals surface area contributed by atoms with Crippen molar-refractivity contribution >= 4 is 26.6 Å². The van der Waals surface area contributed by atoms with Crippen LogP contribution in [0.15, 0.2) is 0 Å². The van der Waals surface area contributed by atoms with E-state index in [2.05, 4.69) is 36.1 Å². The van der Waals surface area contributed by atoms with Crippen LogP contribution in [-0.4, -0.2) is 44.9 Å². The molecule has 0 spiro atoms. The molecule has 0 rings (SSSR count). The van der Waals surface area contributed by atoms with E-state index in [4.69, 9.17) is 0 Å². The van der Waals surface area contributed by atoms with E-state index < -0.39 is 20.8 Å². The third-order valence-electron chi connectivity index (χ3n) is 7.58. The third-order valence-corrected chi connectivity index (χ3v) is 8.49. The van der Waals surface area contributed by atoms with Crippen LogP contribution in [0.4, 0.5) is 0 Å². The van der Waals surface area contributed by atoms with Crippen LogP contribution in [0.3, 0.4) is 0 Å². The predicted octanol–water partition coefficient (Wildman–Crippen LogP) is 1.37. The van der Waals surface area contributed by atoms with Crippen LogP contribution >= 0.6 is 0 Å². The molecule has 13 heteroatoms. The van der Waals surface area contributed by atoms with Crippen LogP contribution in [-0.2, 0) is 34.0 Å². The van der Waals surface area contributed by atoms with Gasteiger partial charge in [-0.2, -0.15) is 0 Å². The quantitative estimate of drug-likeness (QED) is 0.0526. The topological polar surface area (TPSA) is 150 Å². The molecule has 0 aliphatic heterocycles. The maximum absolute atomic E-state index is 13.3. The first-order valence-corrected chi connectivity index (χ1v) is 18.0. The molecule has 0 aromatic rings. The van der Waals surface area contributed by atoms with Crippen molar-refractivity contribution in [1.82, 2.24) is 0 Å². The van der Waals surface area contributed by atoms with Crippen LogP contribution in [0, 0.1) is 10.8 Å². The fourth-order valence-corrected chi connectivity index (χ4v) is 5.92. The van der Waals surface area contributed by atoms with Crippen LogP contribution < -0.4 is 59.1 Å². The normalized spacial score (nSPS) is 12.5. The van der Waals surface area contributed by atoms with E-state index in [0.29, 0.717) is 18.6 Å². The van der Waals surface area contributed by atoms with Gasteiger partial charge in [0.15, 0.2) is 0 Å². The Labute approximate surface area is 302 Å². The smallest absolute Gasteiger partial charge is 0.726 e. The minimum Gasteiger partial charge on any atom is -0.726 e. The molecule has 240 valence electrons. The molecule has 0 unspecified atom stereocenters. The van der Waals surface area contributed by atoms with E-state index in [1.165, 1.54) is 0 Å². The largest absolute Gasteiger partial charge is 1.00 e. The van der Waals surface area contributed by atoms with Gasteiger partial charge in [-0.3, -0.25) is 13.2 Å². The summed E-state index contributed by atoms with van der Waals surface area (Å²) in [4.78, 5) is 13.3. The predicted molar refractivity (Wildman–Crippen MR) is 156 cm³/mol. The van der Waals surface area contributed by atoms with Gasteiger partial charge in [-0.15, -0.1) is 0 Å². The number of rotatable bonds is 28. The molecule has 0 aromatic carbocycles. The molecule has 0 amide bonds. The van der Waals surface area contributed by atoms with E-state index in [0.717, 1.165) is 116 Å². The van der Waals surface area contributed by atoms with Gasteiger partial charge in [-0.1, -0.05) is 130 Å². The first kappa shape index (κ1) is 47.8. The molecule has 0 aliphatic rings. The maximum Gasteiger partial charge on any atom is 1.00 e. The summed E-state index contributed by atoms with van der Waals surface area (Å²) in [6.45, 7) is 8.30. The molecule has 0 heterocycles. The van der Waals surface area contributed by atoms with Crippen molar-refractivity contribution in [2.75, 3.05) is 13.2 Å². The van der Waals surface area contributed by atoms with Crippen LogP contribution in [0.5, 0.6) is 0 Å². The molecular weight excluding hydrogens is 602 g/mol. The van der Waals surface area contributed by atoms with Gasteiger partial charge in [-0.05, 0) is 25.7 Å². The third kappa shape index (κ3) is 30.1. The Kier molecular flexibility index (Phi) is 30.1. The minimum atomic E-state index is -4.56. The number of hydrogen-bond donors (Lipinski definition) is 0. The Bertz CT molecular complexity index is 808. The summed E-state index contributed by atoms with van der Waals surface area (Å²) in [5.74, 6) is 0.363. The Hall–Kier alpha value is 1.41. The Morgan fingerprint density at radius 1 is 0.476 bits per heavy atom. The monoisotopic (exact) mass is 658 g/mol. The Morgan fingerprint density at radius 3 is 0.929 bits per heavy atom. The summed E-state index contributed by atoms with van der Waals surface area (Å²) < 4.78 is 70.6. The van der Waals surface area contributed by atoms with E-state index >= 15 is 0 Å². The first-order chi connectivity index (χ1) is 18.6. The second kappa shape index (κ2) is 26.5. The van der Waals surface area contributed by atoms with Gasteiger partial charge in [0.05, 0.1) is 13.2 Å². The molecule has 0 N–H and O–H groups in total. The van der Waals surface area contributed by atoms with Gasteiger partial charge in [0.25, 0.3) is 0 Å². The fourth-order valence-electron chi connectivity index (χ4n) is 5.28.